The average Bonchev–Trinajstić information content (AvgIpc) is 2.79. The Bertz CT molecular complexity index is 1190. The molecule has 0 bridgehead atoms. The smallest absolute Gasteiger partial charge is 0.153 e. The van der Waals surface area contributed by atoms with E-state index in [0.717, 1.165) is 34.7 Å². The van der Waals surface area contributed by atoms with Gasteiger partial charge >= 0.3 is 0 Å². The molecule has 0 saturated carbocycles. The Kier molecular flexibility index (Phi) is 5.75. The topological polar surface area (TPSA) is 108 Å². The molecule has 0 fully saturated rings. The fourth-order valence-corrected chi connectivity index (χ4v) is 3.47. The normalized spacial score (nSPS) is 10.8. The molecule has 7 heteroatoms. The van der Waals surface area contributed by atoms with E-state index < -0.39 is 0 Å². The molecule has 0 unspecified atom stereocenters. The molecule has 7 nitrogen and oxygen atoms in total. The second kappa shape index (κ2) is 8.79. The molecule has 0 atom stereocenters. The van der Waals surface area contributed by atoms with Crippen molar-refractivity contribution in [1.29, 1.82) is 0 Å². The van der Waals surface area contributed by atoms with Gasteiger partial charge in [-0.1, -0.05) is 30.3 Å². The van der Waals surface area contributed by atoms with Gasteiger partial charge in [-0.05, 0) is 36.2 Å². The summed E-state index contributed by atoms with van der Waals surface area (Å²) in [6.07, 6.45) is 0.751. The highest BCUT2D eigenvalue weighted by atomic mass is 16.5. The summed E-state index contributed by atoms with van der Waals surface area (Å²) in [5.74, 6) is 2.20. The van der Waals surface area contributed by atoms with Crippen LogP contribution in [0.25, 0.3) is 22.3 Å². The van der Waals surface area contributed by atoms with Crippen LogP contribution >= 0.6 is 0 Å². The number of fused-ring (bicyclic) bond motifs is 1. The fourth-order valence-electron chi connectivity index (χ4n) is 3.47. The van der Waals surface area contributed by atoms with E-state index in [2.05, 4.69) is 5.32 Å². The number of ether oxygens (including phenoxy) is 2. The summed E-state index contributed by atoms with van der Waals surface area (Å²) in [4.78, 5) is 9.61. The Morgan fingerprint density at radius 3 is 2.26 bits per heavy atom. The van der Waals surface area contributed by atoms with Crippen molar-refractivity contribution in [2.75, 3.05) is 37.5 Å². The van der Waals surface area contributed by atoms with E-state index in [1.54, 1.807) is 26.4 Å². The number of nitrogens with two attached hydrogens (primary N) is 2. The lowest BCUT2D eigenvalue weighted by molar-refractivity contribution is 0.393. The minimum Gasteiger partial charge on any atom is -0.497 e. The zero-order valence-corrected chi connectivity index (χ0v) is 17.6. The van der Waals surface area contributed by atoms with Crippen LogP contribution in [0.4, 0.5) is 17.2 Å². The first-order valence-electron chi connectivity index (χ1n) is 9.95. The monoisotopic (exact) mass is 415 g/mol. The predicted octanol–water partition coefficient (Wildman–Crippen LogP) is 4.13. The molecular weight excluding hydrogens is 390 g/mol. The molecular formula is C24H25N5O2. The van der Waals surface area contributed by atoms with Crippen LogP contribution in [0.5, 0.6) is 11.5 Å². The van der Waals surface area contributed by atoms with Gasteiger partial charge in [0.2, 0.25) is 0 Å². The predicted molar refractivity (Wildman–Crippen MR) is 126 cm³/mol. The van der Waals surface area contributed by atoms with Gasteiger partial charge in [0.15, 0.2) is 5.82 Å². The van der Waals surface area contributed by atoms with Crippen LogP contribution in [0, 0.1) is 0 Å². The maximum atomic E-state index is 6.16. The largest absolute Gasteiger partial charge is 0.497 e. The van der Waals surface area contributed by atoms with Gasteiger partial charge < -0.3 is 26.3 Å². The lowest BCUT2D eigenvalue weighted by Crippen LogP contribution is -2.09. The Morgan fingerprint density at radius 2 is 1.58 bits per heavy atom. The summed E-state index contributed by atoms with van der Waals surface area (Å²) < 4.78 is 10.7. The molecule has 0 aliphatic heterocycles. The summed E-state index contributed by atoms with van der Waals surface area (Å²) in [5.41, 5.74) is 17.3. The number of nitrogen functional groups attached to an aromatic ring is 2. The first-order chi connectivity index (χ1) is 15.1. The van der Waals surface area contributed by atoms with Crippen molar-refractivity contribution >= 4 is 28.2 Å². The minimum absolute atomic E-state index is 0.509. The SMILES string of the molecule is COc1cc(CCNc2nc3cc(N)cc(N)c3nc2-c2ccccc2)cc(OC)c1. The molecule has 0 spiro atoms. The van der Waals surface area contributed by atoms with Crippen molar-refractivity contribution in [3.05, 3.63) is 66.2 Å². The highest BCUT2D eigenvalue weighted by Crippen LogP contribution is 2.30. The Balaban J connectivity index is 1.66. The standard InChI is InChI=1S/C24H25N5O2/c1-30-18-10-15(11-19(14-18)31-2)8-9-27-24-22(16-6-4-3-5-7-16)29-23-20(26)12-17(25)13-21(23)28-24/h3-7,10-14H,8-9,25-26H2,1-2H3,(H,27,28). The van der Waals surface area contributed by atoms with Crippen LogP contribution in [0.1, 0.15) is 5.56 Å². The van der Waals surface area contributed by atoms with Crippen LogP contribution in [0.2, 0.25) is 0 Å². The van der Waals surface area contributed by atoms with Crippen LogP contribution < -0.4 is 26.3 Å². The minimum atomic E-state index is 0.509. The molecule has 0 amide bonds. The van der Waals surface area contributed by atoms with Gasteiger partial charge in [0.1, 0.15) is 22.7 Å². The number of nitrogens with zero attached hydrogens (tertiary/aromatic N) is 2. The van der Waals surface area contributed by atoms with Gasteiger partial charge in [-0.2, -0.15) is 0 Å². The van der Waals surface area contributed by atoms with E-state index in [9.17, 15) is 0 Å². The molecule has 1 heterocycles. The second-order valence-electron chi connectivity index (χ2n) is 7.16. The van der Waals surface area contributed by atoms with Crippen molar-refractivity contribution in [3.8, 4) is 22.8 Å². The number of methoxy groups -OCH3 is 2. The summed E-state index contributed by atoms with van der Waals surface area (Å²) in [5, 5.41) is 3.43. The highest BCUT2D eigenvalue weighted by Gasteiger charge is 2.13. The Morgan fingerprint density at radius 1 is 0.871 bits per heavy atom. The van der Waals surface area contributed by atoms with Gasteiger partial charge in [-0.15, -0.1) is 0 Å². The van der Waals surface area contributed by atoms with Crippen LogP contribution in [0.15, 0.2) is 60.7 Å². The molecule has 4 rings (SSSR count). The number of hydrogen-bond donors (Lipinski definition) is 3. The number of anilines is 3. The molecule has 0 aliphatic rings. The molecule has 1 aromatic heterocycles. The van der Waals surface area contributed by atoms with Crippen molar-refractivity contribution < 1.29 is 9.47 Å². The van der Waals surface area contributed by atoms with Gasteiger partial charge in [0.05, 0.1) is 25.4 Å². The lowest BCUT2D eigenvalue weighted by atomic mass is 10.1. The number of rotatable bonds is 7. The van der Waals surface area contributed by atoms with E-state index in [4.69, 9.17) is 30.9 Å². The Labute approximate surface area is 181 Å². The summed E-state index contributed by atoms with van der Waals surface area (Å²) in [6.45, 7) is 0.647. The number of benzene rings is 3. The van der Waals surface area contributed by atoms with Crippen LogP contribution in [-0.2, 0) is 6.42 Å². The van der Waals surface area contributed by atoms with Crippen LogP contribution in [-0.4, -0.2) is 30.7 Å². The maximum Gasteiger partial charge on any atom is 0.153 e. The number of nitrogens with one attached hydrogen (secondary N) is 1. The van der Waals surface area contributed by atoms with Gasteiger partial charge in [-0.3, -0.25) is 0 Å². The quantitative estimate of drug-likeness (QED) is 0.389. The van der Waals surface area contributed by atoms with E-state index in [1.807, 2.05) is 48.5 Å². The lowest BCUT2D eigenvalue weighted by Gasteiger charge is -2.14. The zero-order chi connectivity index (χ0) is 21.8. The van der Waals surface area contributed by atoms with Crippen molar-refractivity contribution in [1.82, 2.24) is 9.97 Å². The van der Waals surface area contributed by atoms with Crippen molar-refractivity contribution in [2.45, 2.75) is 6.42 Å². The molecule has 0 radical (unpaired) electrons. The third kappa shape index (κ3) is 4.45. The molecule has 0 saturated heterocycles. The molecule has 31 heavy (non-hydrogen) atoms. The average molecular weight is 415 g/mol. The van der Waals surface area contributed by atoms with Crippen molar-refractivity contribution in [3.63, 3.8) is 0 Å². The Hall–Kier alpha value is -4.00. The molecule has 0 aliphatic carbocycles. The number of hydrogen-bond acceptors (Lipinski definition) is 7. The first-order valence-corrected chi connectivity index (χ1v) is 9.95. The summed E-state index contributed by atoms with van der Waals surface area (Å²) in [6, 6.07) is 19.2. The second-order valence-corrected chi connectivity index (χ2v) is 7.16. The van der Waals surface area contributed by atoms with E-state index >= 15 is 0 Å². The van der Waals surface area contributed by atoms with E-state index in [1.165, 1.54) is 0 Å². The maximum absolute atomic E-state index is 6.16. The van der Waals surface area contributed by atoms with E-state index in [-0.39, 0.29) is 0 Å². The summed E-state index contributed by atoms with van der Waals surface area (Å²) in [7, 11) is 3.29. The van der Waals surface area contributed by atoms with Gasteiger partial charge in [-0.25, -0.2) is 9.97 Å². The van der Waals surface area contributed by atoms with Crippen molar-refractivity contribution in [2.24, 2.45) is 0 Å². The third-order valence-corrected chi connectivity index (χ3v) is 4.99. The highest BCUT2D eigenvalue weighted by molar-refractivity contribution is 5.93. The zero-order valence-electron chi connectivity index (χ0n) is 17.6. The van der Waals surface area contributed by atoms with Gasteiger partial charge in [0, 0.05) is 23.9 Å². The van der Waals surface area contributed by atoms with Gasteiger partial charge in [0.25, 0.3) is 0 Å². The van der Waals surface area contributed by atoms with E-state index in [0.29, 0.717) is 34.8 Å². The third-order valence-electron chi connectivity index (χ3n) is 4.99. The molecule has 3 aromatic carbocycles. The van der Waals surface area contributed by atoms with Crippen LogP contribution in [0.3, 0.4) is 0 Å². The molecule has 5 N–H and O–H groups in total. The molecule has 158 valence electrons. The fraction of sp³-hybridized carbons (Fsp3) is 0.167. The number of aromatic nitrogens is 2. The molecule has 4 aromatic rings. The first kappa shape index (κ1) is 20.3. The summed E-state index contributed by atoms with van der Waals surface area (Å²) >= 11 is 0.